The van der Waals surface area contributed by atoms with Crippen molar-refractivity contribution in [3.05, 3.63) is 59.9 Å². The normalized spacial score (nSPS) is 14.8. The molecular formula is C19H21FN2O4S. The van der Waals surface area contributed by atoms with Crippen LogP contribution in [0.3, 0.4) is 0 Å². The molecule has 1 saturated heterocycles. The Morgan fingerprint density at radius 3 is 2.22 bits per heavy atom. The van der Waals surface area contributed by atoms with Crippen LogP contribution < -0.4 is 4.31 Å². The third-order valence-corrected chi connectivity index (χ3v) is 6.31. The Morgan fingerprint density at radius 1 is 1.07 bits per heavy atom. The molecular weight excluding hydrogens is 371 g/mol. The van der Waals surface area contributed by atoms with Gasteiger partial charge in [-0.25, -0.2) is 12.8 Å². The average Bonchev–Trinajstić information content (AvgIpc) is 2.70. The fraction of sp³-hybridized carbons (Fsp3) is 0.316. The van der Waals surface area contributed by atoms with Crippen molar-refractivity contribution in [3.8, 4) is 0 Å². The number of rotatable bonds is 5. The number of carbonyl (C=O) groups excluding carboxylic acids is 1. The first-order valence-electron chi connectivity index (χ1n) is 8.69. The molecule has 144 valence electrons. The molecule has 27 heavy (non-hydrogen) atoms. The summed E-state index contributed by atoms with van der Waals surface area (Å²) in [4.78, 5) is 14.2. The molecule has 2 aromatic rings. The van der Waals surface area contributed by atoms with E-state index in [-0.39, 0.29) is 17.3 Å². The lowest BCUT2D eigenvalue weighted by Crippen LogP contribution is -2.40. The topological polar surface area (TPSA) is 66.9 Å². The SMILES string of the molecule is CCN(c1ccc(F)cc1)S(=O)(=O)c1ccc(C(=O)N2CCOCC2)cc1. The smallest absolute Gasteiger partial charge is 0.264 e. The molecule has 0 atom stereocenters. The van der Waals surface area contributed by atoms with Gasteiger partial charge in [-0.1, -0.05) is 0 Å². The highest BCUT2D eigenvalue weighted by Crippen LogP contribution is 2.24. The van der Waals surface area contributed by atoms with Gasteiger partial charge >= 0.3 is 0 Å². The lowest BCUT2D eigenvalue weighted by Gasteiger charge is -2.27. The molecule has 0 radical (unpaired) electrons. The van der Waals surface area contributed by atoms with Gasteiger partial charge in [-0.05, 0) is 55.5 Å². The Labute approximate surface area is 158 Å². The van der Waals surface area contributed by atoms with Crippen molar-refractivity contribution in [3.63, 3.8) is 0 Å². The van der Waals surface area contributed by atoms with Gasteiger partial charge in [-0.3, -0.25) is 9.10 Å². The predicted molar refractivity (Wildman–Crippen MR) is 99.8 cm³/mol. The van der Waals surface area contributed by atoms with Crippen LogP contribution in [0.25, 0.3) is 0 Å². The van der Waals surface area contributed by atoms with Crippen molar-refractivity contribution >= 4 is 21.6 Å². The van der Waals surface area contributed by atoms with Gasteiger partial charge in [-0.15, -0.1) is 0 Å². The van der Waals surface area contributed by atoms with E-state index in [1.54, 1.807) is 11.8 Å². The molecule has 0 spiro atoms. The second-order valence-corrected chi connectivity index (χ2v) is 7.94. The summed E-state index contributed by atoms with van der Waals surface area (Å²) in [6.45, 7) is 3.95. The fourth-order valence-electron chi connectivity index (χ4n) is 2.94. The molecule has 0 saturated carbocycles. The van der Waals surface area contributed by atoms with Crippen LogP contribution >= 0.6 is 0 Å². The van der Waals surface area contributed by atoms with Gasteiger partial charge in [0.05, 0.1) is 23.8 Å². The minimum Gasteiger partial charge on any atom is -0.378 e. The number of sulfonamides is 1. The van der Waals surface area contributed by atoms with Crippen LogP contribution in [0.15, 0.2) is 53.4 Å². The van der Waals surface area contributed by atoms with Crippen LogP contribution in [0.1, 0.15) is 17.3 Å². The second-order valence-electron chi connectivity index (χ2n) is 6.08. The zero-order chi connectivity index (χ0) is 19.4. The third kappa shape index (κ3) is 4.12. The summed E-state index contributed by atoms with van der Waals surface area (Å²) < 4.78 is 45.5. The van der Waals surface area contributed by atoms with Gasteiger partial charge in [0.1, 0.15) is 5.82 Å². The standard InChI is InChI=1S/C19H21FN2O4S/c1-2-22(17-7-5-16(20)6-8-17)27(24,25)18-9-3-15(4-10-18)19(23)21-11-13-26-14-12-21/h3-10H,2,11-14H2,1H3. The summed E-state index contributed by atoms with van der Waals surface area (Å²) in [5.74, 6) is -0.577. The summed E-state index contributed by atoms with van der Waals surface area (Å²) in [5, 5.41) is 0. The minimum atomic E-state index is -3.82. The molecule has 1 aliphatic heterocycles. The Hall–Kier alpha value is -2.45. The van der Waals surface area contributed by atoms with Crippen molar-refractivity contribution in [1.29, 1.82) is 0 Å². The van der Waals surface area contributed by atoms with Gasteiger partial charge in [0.15, 0.2) is 0 Å². The van der Waals surface area contributed by atoms with E-state index in [2.05, 4.69) is 0 Å². The van der Waals surface area contributed by atoms with Crippen molar-refractivity contribution in [2.45, 2.75) is 11.8 Å². The number of hydrogen-bond acceptors (Lipinski definition) is 4. The quantitative estimate of drug-likeness (QED) is 0.784. The number of anilines is 1. The highest BCUT2D eigenvalue weighted by molar-refractivity contribution is 7.92. The van der Waals surface area contributed by atoms with E-state index in [0.717, 1.165) is 0 Å². The largest absolute Gasteiger partial charge is 0.378 e. The van der Waals surface area contributed by atoms with Crippen molar-refractivity contribution in [2.24, 2.45) is 0 Å². The third-order valence-electron chi connectivity index (χ3n) is 4.39. The molecule has 1 aliphatic rings. The molecule has 0 aromatic heterocycles. The summed E-state index contributed by atoms with van der Waals surface area (Å²) in [6, 6.07) is 11.2. The van der Waals surface area contributed by atoms with Gasteiger partial charge in [0.25, 0.3) is 15.9 Å². The fourth-order valence-corrected chi connectivity index (χ4v) is 4.42. The maximum Gasteiger partial charge on any atom is 0.264 e. The Balaban J connectivity index is 1.83. The molecule has 1 fully saturated rings. The Morgan fingerprint density at radius 2 is 1.67 bits per heavy atom. The molecule has 2 aromatic carbocycles. The molecule has 0 N–H and O–H groups in total. The first-order valence-corrected chi connectivity index (χ1v) is 10.1. The van der Waals surface area contributed by atoms with Crippen LogP contribution in [0.4, 0.5) is 10.1 Å². The first kappa shape index (κ1) is 19.3. The maximum atomic E-state index is 13.1. The van der Waals surface area contributed by atoms with E-state index in [0.29, 0.717) is 37.6 Å². The van der Waals surface area contributed by atoms with Crippen LogP contribution in [0.5, 0.6) is 0 Å². The molecule has 3 rings (SSSR count). The van der Waals surface area contributed by atoms with Crippen LogP contribution in [0.2, 0.25) is 0 Å². The van der Waals surface area contributed by atoms with E-state index < -0.39 is 15.8 Å². The van der Waals surface area contributed by atoms with Crippen molar-refractivity contribution in [2.75, 3.05) is 37.2 Å². The molecule has 1 amide bonds. The van der Waals surface area contributed by atoms with Gasteiger partial charge < -0.3 is 9.64 Å². The summed E-state index contributed by atoms with van der Waals surface area (Å²) in [5.41, 5.74) is 0.813. The monoisotopic (exact) mass is 392 g/mol. The van der Waals surface area contributed by atoms with E-state index in [9.17, 15) is 17.6 Å². The van der Waals surface area contributed by atoms with Crippen LogP contribution in [0, 0.1) is 5.82 Å². The van der Waals surface area contributed by atoms with Gasteiger partial charge in [0, 0.05) is 25.2 Å². The lowest BCUT2D eigenvalue weighted by molar-refractivity contribution is 0.0303. The van der Waals surface area contributed by atoms with Crippen molar-refractivity contribution < 1.29 is 22.3 Å². The number of benzene rings is 2. The van der Waals surface area contributed by atoms with Gasteiger partial charge in [0.2, 0.25) is 0 Å². The summed E-state index contributed by atoms with van der Waals surface area (Å²) in [6.07, 6.45) is 0. The number of nitrogens with zero attached hydrogens (tertiary/aromatic N) is 2. The molecule has 6 nitrogen and oxygen atoms in total. The molecule has 0 unspecified atom stereocenters. The summed E-state index contributed by atoms with van der Waals surface area (Å²) in [7, 11) is -3.82. The number of ether oxygens (including phenoxy) is 1. The number of carbonyl (C=O) groups is 1. The predicted octanol–water partition coefficient (Wildman–Crippen LogP) is 2.51. The maximum absolute atomic E-state index is 13.1. The number of halogens is 1. The zero-order valence-corrected chi connectivity index (χ0v) is 15.8. The highest BCUT2D eigenvalue weighted by atomic mass is 32.2. The number of morpholine rings is 1. The Bertz CT molecular complexity index is 892. The first-order chi connectivity index (χ1) is 12.9. The highest BCUT2D eigenvalue weighted by Gasteiger charge is 2.25. The minimum absolute atomic E-state index is 0.0761. The van der Waals surface area contributed by atoms with E-state index >= 15 is 0 Å². The zero-order valence-electron chi connectivity index (χ0n) is 15.0. The number of amides is 1. The van der Waals surface area contributed by atoms with Crippen LogP contribution in [-0.2, 0) is 14.8 Å². The average molecular weight is 392 g/mol. The van der Waals surface area contributed by atoms with Crippen LogP contribution in [-0.4, -0.2) is 52.1 Å². The van der Waals surface area contributed by atoms with E-state index in [1.165, 1.54) is 52.8 Å². The van der Waals surface area contributed by atoms with Crippen molar-refractivity contribution in [1.82, 2.24) is 4.90 Å². The second kappa shape index (κ2) is 8.06. The molecule has 8 heteroatoms. The van der Waals surface area contributed by atoms with Gasteiger partial charge in [-0.2, -0.15) is 0 Å². The molecule has 0 aliphatic carbocycles. The Kier molecular flexibility index (Phi) is 5.76. The van der Waals surface area contributed by atoms with E-state index in [4.69, 9.17) is 4.74 Å². The van der Waals surface area contributed by atoms with E-state index in [1.807, 2.05) is 0 Å². The molecule has 0 bridgehead atoms. The lowest BCUT2D eigenvalue weighted by atomic mass is 10.2. The molecule has 1 heterocycles. The number of hydrogen-bond donors (Lipinski definition) is 0. The summed E-state index contributed by atoms with van der Waals surface area (Å²) >= 11 is 0.